The maximum absolute atomic E-state index is 12.5. The molecule has 0 spiro atoms. The van der Waals surface area contributed by atoms with E-state index in [0.717, 1.165) is 35.8 Å². The second kappa shape index (κ2) is 8.63. The number of nitrogen functional groups attached to an aromatic ring is 1. The van der Waals surface area contributed by atoms with Crippen molar-refractivity contribution >= 4 is 23.2 Å². The summed E-state index contributed by atoms with van der Waals surface area (Å²) in [4.78, 5) is 16.7. The van der Waals surface area contributed by atoms with Crippen LogP contribution in [-0.2, 0) is 11.3 Å². The van der Waals surface area contributed by atoms with Crippen molar-refractivity contribution in [3.8, 4) is 5.75 Å². The molecule has 1 amide bonds. The number of piperazine rings is 1. The van der Waals surface area contributed by atoms with Gasteiger partial charge in [0, 0.05) is 37.7 Å². The molecule has 1 aliphatic rings. The highest BCUT2D eigenvalue weighted by Gasteiger charge is 2.22. The minimum atomic E-state index is 0.000480. The predicted molar refractivity (Wildman–Crippen MR) is 109 cm³/mol. The van der Waals surface area contributed by atoms with Crippen molar-refractivity contribution in [3.63, 3.8) is 0 Å². The van der Waals surface area contributed by atoms with E-state index in [0.29, 0.717) is 24.5 Å². The average molecular weight is 388 g/mol. The summed E-state index contributed by atoms with van der Waals surface area (Å²) in [7, 11) is 0. The lowest BCUT2D eigenvalue weighted by atomic mass is 10.1. The van der Waals surface area contributed by atoms with Crippen molar-refractivity contribution in [2.24, 2.45) is 0 Å². The van der Waals surface area contributed by atoms with Crippen LogP contribution in [0.2, 0.25) is 5.02 Å². The number of anilines is 1. The highest BCUT2D eigenvalue weighted by atomic mass is 35.5. The molecule has 0 aliphatic carbocycles. The first-order valence-electron chi connectivity index (χ1n) is 9.16. The van der Waals surface area contributed by atoms with Crippen LogP contribution in [0.15, 0.2) is 36.4 Å². The van der Waals surface area contributed by atoms with Crippen LogP contribution >= 0.6 is 11.6 Å². The molecule has 0 unspecified atom stereocenters. The number of aryl methyl sites for hydroxylation is 2. The number of halogens is 1. The van der Waals surface area contributed by atoms with E-state index in [-0.39, 0.29) is 12.5 Å². The zero-order chi connectivity index (χ0) is 19.4. The molecule has 1 fully saturated rings. The second-order valence-electron chi connectivity index (χ2n) is 7.07. The molecule has 0 aromatic heterocycles. The molecule has 1 saturated heterocycles. The molecule has 0 atom stereocenters. The van der Waals surface area contributed by atoms with Gasteiger partial charge in [0.1, 0.15) is 5.75 Å². The topological polar surface area (TPSA) is 58.8 Å². The standard InChI is InChI=1S/C21H26ClN3O2/c1-15-11-16(2)21(19(23)12-15)27-14-20(26)25-9-7-24(8-10-25)13-17-3-5-18(22)6-4-17/h3-6,11-12H,7-10,13-14,23H2,1-2H3. The molecule has 1 heterocycles. The predicted octanol–water partition coefficient (Wildman–Crippen LogP) is 3.26. The fourth-order valence-electron chi connectivity index (χ4n) is 3.41. The zero-order valence-corrected chi connectivity index (χ0v) is 16.6. The Hall–Kier alpha value is -2.24. The van der Waals surface area contributed by atoms with E-state index in [1.54, 1.807) is 0 Å². The molecule has 144 valence electrons. The van der Waals surface area contributed by atoms with E-state index < -0.39 is 0 Å². The first-order chi connectivity index (χ1) is 12.9. The Bertz CT molecular complexity index is 777. The lowest BCUT2D eigenvalue weighted by Crippen LogP contribution is -2.49. The monoisotopic (exact) mass is 387 g/mol. The van der Waals surface area contributed by atoms with E-state index >= 15 is 0 Å². The van der Waals surface area contributed by atoms with Crippen LogP contribution in [0.1, 0.15) is 16.7 Å². The lowest BCUT2D eigenvalue weighted by molar-refractivity contribution is -0.135. The molecule has 3 rings (SSSR count). The van der Waals surface area contributed by atoms with Crippen LogP contribution in [0.25, 0.3) is 0 Å². The summed E-state index contributed by atoms with van der Waals surface area (Å²) in [5.41, 5.74) is 9.86. The summed E-state index contributed by atoms with van der Waals surface area (Å²) >= 11 is 5.93. The van der Waals surface area contributed by atoms with Gasteiger partial charge >= 0.3 is 0 Å². The van der Waals surface area contributed by atoms with Gasteiger partial charge in [0.15, 0.2) is 6.61 Å². The summed E-state index contributed by atoms with van der Waals surface area (Å²) in [6.45, 7) is 7.93. The normalized spacial score (nSPS) is 15.0. The van der Waals surface area contributed by atoms with Gasteiger partial charge in [-0.25, -0.2) is 0 Å². The molecule has 0 bridgehead atoms. The van der Waals surface area contributed by atoms with Crippen molar-refractivity contribution in [1.82, 2.24) is 9.80 Å². The fraction of sp³-hybridized carbons (Fsp3) is 0.381. The highest BCUT2D eigenvalue weighted by molar-refractivity contribution is 6.30. The van der Waals surface area contributed by atoms with Gasteiger partial charge < -0.3 is 15.4 Å². The number of hydrogen-bond acceptors (Lipinski definition) is 4. The Balaban J connectivity index is 1.48. The number of nitrogens with zero attached hydrogens (tertiary/aromatic N) is 2. The number of rotatable bonds is 5. The average Bonchev–Trinajstić information content (AvgIpc) is 2.63. The second-order valence-corrected chi connectivity index (χ2v) is 7.51. The van der Waals surface area contributed by atoms with Gasteiger partial charge in [-0.15, -0.1) is 0 Å². The van der Waals surface area contributed by atoms with Gasteiger partial charge in [-0.2, -0.15) is 0 Å². The highest BCUT2D eigenvalue weighted by Crippen LogP contribution is 2.27. The van der Waals surface area contributed by atoms with Crippen LogP contribution in [0.3, 0.4) is 0 Å². The van der Waals surface area contributed by atoms with E-state index in [4.69, 9.17) is 22.1 Å². The molecule has 1 aliphatic heterocycles. The number of hydrogen-bond donors (Lipinski definition) is 1. The zero-order valence-electron chi connectivity index (χ0n) is 15.9. The number of benzene rings is 2. The Morgan fingerprint density at radius 3 is 2.41 bits per heavy atom. The first-order valence-corrected chi connectivity index (χ1v) is 9.54. The molecule has 27 heavy (non-hydrogen) atoms. The summed E-state index contributed by atoms with van der Waals surface area (Å²) in [5.74, 6) is 0.607. The molecule has 5 nitrogen and oxygen atoms in total. The quantitative estimate of drug-likeness (QED) is 0.800. The summed E-state index contributed by atoms with van der Waals surface area (Å²) in [6.07, 6.45) is 0. The molecule has 2 aromatic carbocycles. The molecule has 0 radical (unpaired) electrons. The Kier molecular flexibility index (Phi) is 6.24. The summed E-state index contributed by atoms with van der Waals surface area (Å²) in [5, 5.41) is 0.749. The SMILES string of the molecule is Cc1cc(C)c(OCC(=O)N2CCN(Cc3ccc(Cl)cc3)CC2)c(N)c1. The summed E-state index contributed by atoms with van der Waals surface area (Å²) in [6, 6.07) is 11.8. The first kappa shape index (κ1) is 19.5. The van der Waals surface area contributed by atoms with Gasteiger partial charge in [0.2, 0.25) is 0 Å². The van der Waals surface area contributed by atoms with Crippen LogP contribution in [0, 0.1) is 13.8 Å². The lowest BCUT2D eigenvalue weighted by Gasteiger charge is -2.34. The van der Waals surface area contributed by atoms with E-state index in [9.17, 15) is 4.79 Å². The molecule has 6 heteroatoms. The Morgan fingerprint density at radius 1 is 1.11 bits per heavy atom. The van der Waals surface area contributed by atoms with Crippen molar-refractivity contribution < 1.29 is 9.53 Å². The van der Waals surface area contributed by atoms with Gasteiger partial charge in [-0.05, 0) is 48.7 Å². The van der Waals surface area contributed by atoms with Crippen LogP contribution in [-0.4, -0.2) is 48.5 Å². The smallest absolute Gasteiger partial charge is 0.260 e. The molecule has 2 aromatic rings. The Labute approximate surface area is 165 Å². The van der Waals surface area contributed by atoms with Gasteiger partial charge in [0.05, 0.1) is 5.69 Å². The minimum absolute atomic E-state index is 0.000480. The molecular weight excluding hydrogens is 362 g/mol. The van der Waals surface area contributed by atoms with E-state index in [1.807, 2.05) is 55.1 Å². The third-order valence-corrected chi connectivity index (χ3v) is 5.08. The van der Waals surface area contributed by atoms with Crippen molar-refractivity contribution in [1.29, 1.82) is 0 Å². The van der Waals surface area contributed by atoms with Crippen LogP contribution in [0.5, 0.6) is 5.75 Å². The molecule has 2 N–H and O–H groups in total. The summed E-state index contributed by atoms with van der Waals surface area (Å²) < 4.78 is 5.73. The van der Waals surface area contributed by atoms with Gasteiger partial charge in [-0.3, -0.25) is 9.69 Å². The largest absolute Gasteiger partial charge is 0.481 e. The van der Waals surface area contributed by atoms with Crippen LogP contribution < -0.4 is 10.5 Å². The number of carbonyl (C=O) groups excluding carboxylic acids is 1. The van der Waals surface area contributed by atoms with Gasteiger partial charge in [0.25, 0.3) is 5.91 Å². The fourth-order valence-corrected chi connectivity index (χ4v) is 3.54. The van der Waals surface area contributed by atoms with Crippen LogP contribution in [0.4, 0.5) is 5.69 Å². The number of ether oxygens (including phenoxy) is 1. The maximum Gasteiger partial charge on any atom is 0.260 e. The van der Waals surface area contributed by atoms with Crippen molar-refractivity contribution in [2.45, 2.75) is 20.4 Å². The molecular formula is C21H26ClN3O2. The number of nitrogens with two attached hydrogens (primary N) is 1. The van der Waals surface area contributed by atoms with Crippen molar-refractivity contribution in [2.75, 3.05) is 38.5 Å². The third-order valence-electron chi connectivity index (χ3n) is 4.83. The Morgan fingerprint density at radius 2 is 1.78 bits per heavy atom. The van der Waals surface area contributed by atoms with E-state index in [1.165, 1.54) is 5.56 Å². The van der Waals surface area contributed by atoms with Gasteiger partial charge in [-0.1, -0.05) is 29.8 Å². The molecule has 0 saturated carbocycles. The minimum Gasteiger partial charge on any atom is -0.481 e. The van der Waals surface area contributed by atoms with E-state index in [2.05, 4.69) is 4.90 Å². The third kappa shape index (κ3) is 5.15. The number of carbonyl (C=O) groups is 1. The number of amides is 1. The maximum atomic E-state index is 12.5. The van der Waals surface area contributed by atoms with Crippen molar-refractivity contribution in [3.05, 3.63) is 58.1 Å².